The minimum Gasteiger partial charge on any atom is -0.396 e. The Bertz CT molecular complexity index is 223. The van der Waals surface area contributed by atoms with E-state index in [1.807, 2.05) is 0 Å². The molecule has 0 aromatic heterocycles. The second-order valence-electron chi connectivity index (χ2n) is 4.83. The fourth-order valence-corrected chi connectivity index (χ4v) is 3.26. The van der Waals surface area contributed by atoms with Crippen molar-refractivity contribution in [2.24, 2.45) is 5.41 Å². The third kappa shape index (κ3) is 0.543. The van der Waals surface area contributed by atoms with E-state index in [4.69, 9.17) is 9.47 Å². The minimum atomic E-state index is -0.115. The van der Waals surface area contributed by atoms with E-state index in [9.17, 15) is 5.11 Å². The van der Waals surface area contributed by atoms with Crippen LogP contribution < -0.4 is 0 Å². The summed E-state index contributed by atoms with van der Waals surface area (Å²) >= 11 is 0. The van der Waals surface area contributed by atoms with E-state index >= 15 is 0 Å². The molecule has 68 valence electrons. The van der Waals surface area contributed by atoms with E-state index in [0.717, 1.165) is 12.8 Å². The Morgan fingerprint density at radius 3 is 2.33 bits per heavy atom. The quantitative estimate of drug-likeness (QED) is 0.616. The number of aliphatic hydroxyl groups is 1. The first-order valence-corrected chi connectivity index (χ1v) is 4.53. The van der Waals surface area contributed by atoms with Crippen LogP contribution in [0.15, 0.2) is 0 Å². The molecular weight excluding hydrogens is 156 g/mol. The molecule has 12 heavy (non-hydrogen) atoms. The number of ether oxygens (including phenoxy) is 2. The van der Waals surface area contributed by atoms with Crippen molar-refractivity contribution in [3.05, 3.63) is 0 Å². The summed E-state index contributed by atoms with van der Waals surface area (Å²) in [7, 11) is 0. The monoisotopic (exact) mass is 170 g/mol. The van der Waals surface area contributed by atoms with Gasteiger partial charge in [-0.25, -0.2) is 0 Å². The summed E-state index contributed by atoms with van der Waals surface area (Å²) in [5, 5.41) is 9.34. The molecule has 3 heteroatoms. The molecule has 0 unspecified atom stereocenters. The Kier molecular flexibility index (Phi) is 1.04. The zero-order valence-electron chi connectivity index (χ0n) is 7.30. The molecule has 4 aliphatic rings. The Morgan fingerprint density at radius 2 is 2.00 bits per heavy atom. The van der Waals surface area contributed by atoms with Gasteiger partial charge in [-0.15, -0.1) is 0 Å². The van der Waals surface area contributed by atoms with Crippen LogP contribution in [0.2, 0.25) is 0 Å². The van der Waals surface area contributed by atoms with Crippen molar-refractivity contribution in [1.29, 1.82) is 0 Å². The molecule has 1 spiro atoms. The van der Waals surface area contributed by atoms with Crippen LogP contribution in [-0.2, 0) is 9.47 Å². The smallest absolute Gasteiger partial charge is 0.123 e. The number of rotatable bonds is 1. The second-order valence-corrected chi connectivity index (χ2v) is 4.83. The van der Waals surface area contributed by atoms with E-state index in [-0.39, 0.29) is 23.2 Å². The highest BCUT2D eigenvalue weighted by Crippen LogP contribution is 2.68. The highest BCUT2D eigenvalue weighted by Gasteiger charge is 2.75. The molecular formula is C9H14O3. The highest BCUT2D eigenvalue weighted by molar-refractivity contribution is 5.22. The lowest BCUT2D eigenvalue weighted by Gasteiger charge is -2.49. The molecule has 0 aromatic carbocycles. The van der Waals surface area contributed by atoms with E-state index in [1.165, 1.54) is 0 Å². The Hall–Kier alpha value is -0.120. The van der Waals surface area contributed by atoms with Crippen LogP contribution >= 0.6 is 0 Å². The van der Waals surface area contributed by atoms with Crippen molar-refractivity contribution in [3.8, 4) is 0 Å². The first kappa shape index (κ1) is 7.30. The SMILES string of the molecule is CC12CC(CO)(C1)C1(COC1)O2. The fraction of sp³-hybridized carbons (Fsp3) is 1.00. The fourth-order valence-electron chi connectivity index (χ4n) is 3.26. The van der Waals surface area contributed by atoms with Gasteiger partial charge in [0, 0.05) is 5.41 Å². The Morgan fingerprint density at radius 1 is 1.33 bits per heavy atom. The molecule has 1 aliphatic carbocycles. The normalized spacial score (nSPS) is 53.5. The Balaban J connectivity index is 1.96. The van der Waals surface area contributed by atoms with Gasteiger partial charge in [0.05, 0.1) is 25.4 Å². The van der Waals surface area contributed by atoms with Crippen molar-refractivity contribution >= 4 is 0 Å². The maximum Gasteiger partial charge on any atom is 0.123 e. The molecule has 3 aliphatic heterocycles. The molecule has 3 heterocycles. The maximum atomic E-state index is 9.34. The van der Waals surface area contributed by atoms with Gasteiger partial charge in [-0.1, -0.05) is 0 Å². The summed E-state index contributed by atoms with van der Waals surface area (Å²) in [6.07, 6.45) is 2.03. The summed E-state index contributed by atoms with van der Waals surface area (Å²) in [4.78, 5) is 0. The number of aliphatic hydroxyl groups excluding tert-OH is 1. The predicted molar refractivity (Wildman–Crippen MR) is 41.8 cm³/mol. The molecule has 4 rings (SSSR count). The molecule has 1 saturated carbocycles. The van der Waals surface area contributed by atoms with E-state index in [1.54, 1.807) is 0 Å². The third-order valence-electron chi connectivity index (χ3n) is 3.81. The van der Waals surface area contributed by atoms with Gasteiger partial charge in [0.2, 0.25) is 0 Å². The topological polar surface area (TPSA) is 38.7 Å². The molecule has 1 N–H and O–H groups in total. The van der Waals surface area contributed by atoms with Gasteiger partial charge in [-0.2, -0.15) is 0 Å². The van der Waals surface area contributed by atoms with E-state index in [2.05, 4.69) is 6.92 Å². The zero-order chi connectivity index (χ0) is 8.45. The lowest BCUT2D eigenvalue weighted by Crippen LogP contribution is -2.60. The standard InChI is InChI=1S/C9H14O3/c1-7-2-8(3-7,4-10)9(12-7)5-11-6-9/h10H,2-6H2,1H3. The van der Waals surface area contributed by atoms with Crippen LogP contribution in [0.4, 0.5) is 0 Å². The molecule has 0 aromatic rings. The van der Waals surface area contributed by atoms with Crippen molar-refractivity contribution in [1.82, 2.24) is 0 Å². The first-order valence-electron chi connectivity index (χ1n) is 4.53. The van der Waals surface area contributed by atoms with Crippen LogP contribution in [0.5, 0.6) is 0 Å². The van der Waals surface area contributed by atoms with Crippen LogP contribution in [-0.4, -0.2) is 36.1 Å². The van der Waals surface area contributed by atoms with Gasteiger partial charge >= 0.3 is 0 Å². The summed E-state index contributed by atoms with van der Waals surface area (Å²) in [5.74, 6) is 0. The average molecular weight is 170 g/mol. The number of hydrogen-bond donors (Lipinski definition) is 1. The first-order chi connectivity index (χ1) is 5.64. The van der Waals surface area contributed by atoms with Crippen molar-refractivity contribution in [2.75, 3.05) is 19.8 Å². The summed E-state index contributed by atoms with van der Waals surface area (Å²) in [5.41, 5.74) is -0.0248. The Labute approximate surface area is 71.7 Å². The van der Waals surface area contributed by atoms with Crippen LogP contribution in [0, 0.1) is 5.41 Å². The third-order valence-corrected chi connectivity index (χ3v) is 3.81. The van der Waals surface area contributed by atoms with Gasteiger partial charge in [0.25, 0.3) is 0 Å². The molecule has 3 saturated heterocycles. The maximum absolute atomic E-state index is 9.34. The highest BCUT2D eigenvalue weighted by atomic mass is 16.6. The zero-order valence-corrected chi connectivity index (χ0v) is 7.30. The lowest BCUT2D eigenvalue weighted by molar-refractivity contribution is -0.218. The molecule has 4 fully saturated rings. The predicted octanol–water partition coefficient (Wildman–Crippen LogP) is 0.317. The minimum absolute atomic E-state index is 0.0417. The summed E-state index contributed by atoms with van der Waals surface area (Å²) < 4.78 is 11.1. The molecule has 3 nitrogen and oxygen atoms in total. The summed E-state index contributed by atoms with van der Waals surface area (Å²) in [6.45, 7) is 3.76. The van der Waals surface area contributed by atoms with Gasteiger partial charge < -0.3 is 14.6 Å². The van der Waals surface area contributed by atoms with E-state index in [0.29, 0.717) is 13.2 Å². The van der Waals surface area contributed by atoms with Crippen molar-refractivity contribution in [2.45, 2.75) is 31.0 Å². The molecule has 0 radical (unpaired) electrons. The lowest BCUT2D eigenvalue weighted by atomic mass is 9.56. The van der Waals surface area contributed by atoms with Gasteiger partial charge in [-0.05, 0) is 19.8 Å². The van der Waals surface area contributed by atoms with Crippen LogP contribution in [0.25, 0.3) is 0 Å². The average Bonchev–Trinajstić information content (AvgIpc) is 2.31. The van der Waals surface area contributed by atoms with E-state index < -0.39 is 0 Å². The molecule has 0 amide bonds. The van der Waals surface area contributed by atoms with Crippen molar-refractivity contribution in [3.63, 3.8) is 0 Å². The number of hydrogen-bond acceptors (Lipinski definition) is 3. The largest absolute Gasteiger partial charge is 0.396 e. The molecule has 0 atom stereocenters. The molecule has 2 bridgehead atoms. The van der Waals surface area contributed by atoms with Crippen LogP contribution in [0.1, 0.15) is 19.8 Å². The van der Waals surface area contributed by atoms with Gasteiger partial charge in [0.15, 0.2) is 0 Å². The van der Waals surface area contributed by atoms with Crippen molar-refractivity contribution < 1.29 is 14.6 Å². The van der Waals surface area contributed by atoms with Gasteiger partial charge in [0.1, 0.15) is 5.60 Å². The van der Waals surface area contributed by atoms with Crippen LogP contribution in [0.3, 0.4) is 0 Å². The van der Waals surface area contributed by atoms with Gasteiger partial charge in [-0.3, -0.25) is 0 Å². The summed E-state index contributed by atoms with van der Waals surface area (Å²) in [6, 6.07) is 0. The second kappa shape index (κ2) is 1.72.